The van der Waals surface area contributed by atoms with E-state index in [0.29, 0.717) is 13.1 Å². The van der Waals surface area contributed by atoms with Gasteiger partial charge in [-0.05, 0) is 19.9 Å². The number of rotatable bonds is 6. The van der Waals surface area contributed by atoms with Crippen molar-refractivity contribution >= 4 is 5.91 Å². The van der Waals surface area contributed by atoms with Gasteiger partial charge in [0.15, 0.2) is 0 Å². The smallest absolute Gasteiger partial charge is 0.236 e. The number of amides is 1. The summed E-state index contributed by atoms with van der Waals surface area (Å²) < 4.78 is 0. The van der Waals surface area contributed by atoms with E-state index in [1.165, 1.54) is 0 Å². The van der Waals surface area contributed by atoms with Crippen molar-refractivity contribution in [3.63, 3.8) is 0 Å². The van der Waals surface area contributed by atoms with Crippen molar-refractivity contribution in [2.75, 3.05) is 19.6 Å². The van der Waals surface area contributed by atoms with E-state index in [1.54, 1.807) is 17.0 Å². The van der Waals surface area contributed by atoms with Crippen molar-refractivity contribution < 1.29 is 9.90 Å². The van der Waals surface area contributed by atoms with Crippen LogP contribution in [0, 0.1) is 0 Å². The monoisotopic (exact) mass is 236 g/mol. The zero-order chi connectivity index (χ0) is 12.7. The molecular formula is C13H20N2O2. The topological polar surface area (TPSA) is 52.6 Å². The molecule has 0 spiro atoms. The third kappa shape index (κ3) is 4.07. The van der Waals surface area contributed by atoms with Crippen molar-refractivity contribution in [1.82, 2.24) is 10.2 Å². The largest absolute Gasteiger partial charge is 0.508 e. The van der Waals surface area contributed by atoms with Crippen LogP contribution in [0.5, 0.6) is 5.75 Å². The Kier molecular flexibility index (Phi) is 5.49. The molecule has 0 bridgehead atoms. The molecule has 0 aromatic heterocycles. The third-order valence-corrected chi connectivity index (χ3v) is 2.70. The van der Waals surface area contributed by atoms with Crippen LogP contribution < -0.4 is 5.32 Å². The Bertz CT molecular complexity index is 362. The fourth-order valence-electron chi connectivity index (χ4n) is 1.65. The molecule has 0 saturated carbocycles. The highest BCUT2D eigenvalue weighted by molar-refractivity contribution is 5.78. The average Bonchev–Trinajstić information content (AvgIpc) is 2.33. The number of aromatic hydroxyl groups is 1. The second kappa shape index (κ2) is 6.91. The van der Waals surface area contributed by atoms with E-state index in [1.807, 2.05) is 26.0 Å². The molecule has 0 unspecified atom stereocenters. The van der Waals surface area contributed by atoms with Gasteiger partial charge in [0, 0.05) is 25.2 Å². The Morgan fingerprint density at radius 1 is 1.29 bits per heavy atom. The fourth-order valence-corrected chi connectivity index (χ4v) is 1.65. The van der Waals surface area contributed by atoms with Crippen LogP contribution in [0.1, 0.15) is 19.4 Å². The summed E-state index contributed by atoms with van der Waals surface area (Å²) in [5.74, 6) is 0.348. The highest BCUT2D eigenvalue weighted by atomic mass is 16.3. The zero-order valence-corrected chi connectivity index (χ0v) is 10.4. The van der Waals surface area contributed by atoms with Gasteiger partial charge in [0.25, 0.3) is 0 Å². The van der Waals surface area contributed by atoms with Gasteiger partial charge in [0.1, 0.15) is 5.75 Å². The van der Waals surface area contributed by atoms with Crippen molar-refractivity contribution in [3.8, 4) is 5.75 Å². The molecule has 0 heterocycles. The van der Waals surface area contributed by atoms with Gasteiger partial charge >= 0.3 is 0 Å². The van der Waals surface area contributed by atoms with Crippen LogP contribution >= 0.6 is 0 Å². The summed E-state index contributed by atoms with van der Waals surface area (Å²) in [6.45, 7) is 6.19. The molecule has 0 radical (unpaired) electrons. The number of hydrogen-bond acceptors (Lipinski definition) is 3. The van der Waals surface area contributed by atoms with E-state index in [4.69, 9.17) is 0 Å². The minimum absolute atomic E-state index is 0.0884. The Morgan fingerprint density at radius 3 is 2.53 bits per heavy atom. The third-order valence-electron chi connectivity index (χ3n) is 2.70. The molecule has 0 aliphatic rings. The van der Waals surface area contributed by atoms with Crippen LogP contribution in [-0.4, -0.2) is 35.5 Å². The highest BCUT2D eigenvalue weighted by Crippen LogP contribution is 2.14. The molecule has 94 valence electrons. The van der Waals surface area contributed by atoms with Gasteiger partial charge < -0.3 is 15.3 Å². The molecular weight excluding hydrogens is 216 g/mol. The molecule has 17 heavy (non-hydrogen) atoms. The summed E-state index contributed by atoms with van der Waals surface area (Å²) in [5.41, 5.74) is 0.805. The molecule has 0 saturated heterocycles. The molecule has 0 aliphatic carbocycles. The number of nitrogens with one attached hydrogen (secondary N) is 1. The van der Waals surface area contributed by atoms with Gasteiger partial charge in [-0.25, -0.2) is 0 Å². The van der Waals surface area contributed by atoms with Gasteiger partial charge in [0.05, 0.1) is 6.54 Å². The number of para-hydroxylation sites is 1. The number of hydrogen-bond donors (Lipinski definition) is 2. The maximum Gasteiger partial charge on any atom is 0.236 e. The molecule has 0 fully saturated rings. The predicted octanol–water partition coefficient (Wildman–Crippen LogP) is 1.35. The lowest BCUT2D eigenvalue weighted by atomic mass is 10.2. The average molecular weight is 236 g/mol. The Hall–Kier alpha value is -1.55. The number of benzene rings is 1. The van der Waals surface area contributed by atoms with Crippen LogP contribution in [0.15, 0.2) is 24.3 Å². The number of nitrogens with zero attached hydrogens (tertiary/aromatic N) is 1. The molecule has 2 N–H and O–H groups in total. The minimum Gasteiger partial charge on any atom is -0.508 e. The van der Waals surface area contributed by atoms with E-state index in [9.17, 15) is 9.90 Å². The lowest BCUT2D eigenvalue weighted by Crippen LogP contribution is -2.37. The van der Waals surface area contributed by atoms with Crippen molar-refractivity contribution in [1.29, 1.82) is 0 Å². The van der Waals surface area contributed by atoms with Gasteiger partial charge in [-0.15, -0.1) is 0 Å². The summed E-state index contributed by atoms with van der Waals surface area (Å²) in [5, 5.41) is 12.6. The van der Waals surface area contributed by atoms with Gasteiger partial charge in [-0.2, -0.15) is 0 Å². The van der Waals surface area contributed by atoms with Crippen LogP contribution in [0.25, 0.3) is 0 Å². The Morgan fingerprint density at radius 2 is 1.94 bits per heavy atom. The first-order valence-electron chi connectivity index (χ1n) is 5.94. The molecule has 1 aromatic rings. The van der Waals surface area contributed by atoms with Gasteiger partial charge in [-0.3, -0.25) is 4.79 Å². The lowest BCUT2D eigenvalue weighted by Gasteiger charge is -2.18. The van der Waals surface area contributed by atoms with E-state index < -0.39 is 0 Å². The lowest BCUT2D eigenvalue weighted by molar-refractivity contribution is -0.129. The summed E-state index contributed by atoms with van der Waals surface area (Å²) >= 11 is 0. The maximum absolute atomic E-state index is 11.7. The zero-order valence-electron chi connectivity index (χ0n) is 10.4. The molecule has 0 atom stereocenters. The van der Waals surface area contributed by atoms with Crippen LogP contribution in [0.2, 0.25) is 0 Å². The van der Waals surface area contributed by atoms with E-state index >= 15 is 0 Å². The van der Waals surface area contributed by atoms with E-state index in [-0.39, 0.29) is 11.7 Å². The van der Waals surface area contributed by atoms with E-state index in [2.05, 4.69) is 5.32 Å². The molecule has 0 aliphatic heterocycles. The van der Waals surface area contributed by atoms with Crippen LogP contribution in [0.4, 0.5) is 0 Å². The molecule has 1 rings (SSSR count). The molecule has 4 nitrogen and oxygen atoms in total. The molecule has 1 aromatic carbocycles. The number of carbonyl (C=O) groups excluding carboxylic acids is 1. The summed E-state index contributed by atoms with van der Waals surface area (Å²) in [7, 11) is 0. The normalized spacial score (nSPS) is 10.2. The second-order valence-corrected chi connectivity index (χ2v) is 3.80. The Balaban J connectivity index is 2.38. The van der Waals surface area contributed by atoms with Crippen molar-refractivity contribution in [2.45, 2.75) is 20.4 Å². The van der Waals surface area contributed by atoms with Gasteiger partial charge in [0.2, 0.25) is 5.91 Å². The highest BCUT2D eigenvalue weighted by Gasteiger charge is 2.08. The second-order valence-electron chi connectivity index (χ2n) is 3.80. The SMILES string of the molecule is CCN(CC)C(=O)CNCc1ccccc1O. The number of likely N-dealkylation sites (N-methyl/N-ethyl adjacent to an activating group) is 1. The van der Waals surface area contributed by atoms with Crippen molar-refractivity contribution in [2.24, 2.45) is 0 Å². The predicted molar refractivity (Wildman–Crippen MR) is 67.7 cm³/mol. The minimum atomic E-state index is 0.0884. The quantitative estimate of drug-likeness (QED) is 0.784. The summed E-state index contributed by atoms with van der Waals surface area (Å²) in [4.78, 5) is 13.5. The first-order chi connectivity index (χ1) is 8.19. The fraction of sp³-hybridized carbons (Fsp3) is 0.462. The summed E-state index contributed by atoms with van der Waals surface area (Å²) in [6.07, 6.45) is 0. The Labute approximate surface area is 102 Å². The maximum atomic E-state index is 11.7. The number of phenols is 1. The summed E-state index contributed by atoms with van der Waals surface area (Å²) in [6, 6.07) is 7.12. The number of phenolic OH excluding ortho intramolecular Hbond substituents is 1. The van der Waals surface area contributed by atoms with E-state index in [0.717, 1.165) is 18.7 Å². The molecule has 4 heteroatoms. The standard InChI is InChI=1S/C13H20N2O2/c1-3-15(4-2)13(17)10-14-9-11-7-5-6-8-12(11)16/h5-8,14,16H,3-4,9-10H2,1-2H3. The first kappa shape index (κ1) is 13.5. The van der Waals surface area contributed by atoms with Gasteiger partial charge in [-0.1, -0.05) is 18.2 Å². The number of carbonyl (C=O) groups is 1. The van der Waals surface area contributed by atoms with Crippen LogP contribution in [0.3, 0.4) is 0 Å². The molecule has 1 amide bonds. The van der Waals surface area contributed by atoms with Crippen molar-refractivity contribution in [3.05, 3.63) is 29.8 Å². The van der Waals surface area contributed by atoms with Crippen LogP contribution in [-0.2, 0) is 11.3 Å². The first-order valence-corrected chi connectivity index (χ1v) is 5.94.